The van der Waals surface area contributed by atoms with Gasteiger partial charge in [-0.3, -0.25) is 4.79 Å². The summed E-state index contributed by atoms with van der Waals surface area (Å²) >= 11 is 6.48. The van der Waals surface area contributed by atoms with Crippen molar-refractivity contribution >= 4 is 17.5 Å². The van der Waals surface area contributed by atoms with Crippen LogP contribution in [-0.4, -0.2) is 40.8 Å². The Morgan fingerprint density at radius 3 is 2.45 bits per heavy atom. The Balaban J connectivity index is 1.64. The zero-order valence-electron chi connectivity index (χ0n) is 16.7. The summed E-state index contributed by atoms with van der Waals surface area (Å²) in [6.45, 7) is 4.93. The number of carbonyl (C=O) groups is 1. The Hall–Kier alpha value is -2.86. The molecule has 5 nitrogen and oxygen atoms in total. The summed E-state index contributed by atoms with van der Waals surface area (Å²) in [4.78, 5) is 14.4. The number of nitrogens with zero attached hydrogens (tertiary/aromatic N) is 3. The van der Waals surface area contributed by atoms with Crippen molar-refractivity contribution in [3.05, 3.63) is 81.9 Å². The van der Waals surface area contributed by atoms with Crippen molar-refractivity contribution in [3.63, 3.8) is 0 Å². The van der Waals surface area contributed by atoms with Gasteiger partial charge >= 0.3 is 0 Å². The number of amides is 1. The number of carbonyl (C=O) groups excluding carboxylic acids is 1. The molecule has 0 saturated carbocycles. The van der Waals surface area contributed by atoms with Crippen LogP contribution in [0, 0.1) is 19.7 Å². The SMILES string of the molecule is Cc1ccc(Cn2nc(C)c(C(=O)N(C)CCOc3ccc(F)cc3)c2Cl)cc1. The van der Waals surface area contributed by atoms with E-state index in [1.807, 2.05) is 31.2 Å². The minimum absolute atomic E-state index is 0.217. The minimum atomic E-state index is -0.322. The van der Waals surface area contributed by atoms with Crippen LogP contribution in [0.5, 0.6) is 5.75 Å². The van der Waals surface area contributed by atoms with Crippen molar-refractivity contribution in [1.29, 1.82) is 0 Å². The molecule has 0 spiro atoms. The number of halogens is 2. The van der Waals surface area contributed by atoms with Gasteiger partial charge in [-0.05, 0) is 43.7 Å². The summed E-state index contributed by atoms with van der Waals surface area (Å²) in [5.74, 6) is 0.00940. The third-order valence-electron chi connectivity index (χ3n) is 4.59. The second kappa shape index (κ2) is 9.09. The molecule has 0 aliphatic rings. The summed E-state index contributed by atoms with van der Waals surface area (Å²) in [6.07, 6.45) is 0. The topological polar surface area (TPSA) is 47.4 Å². The summed E-state index contributed by atoms with van der Waals surface area (Å²) in [6, 6.07) is 13.8. The fourth-order valence-corrected chi connectivity index (χ4v) is 3.21. The Morgan fingerprint density at radius 2 is 1.79 bits per heavy atom. The van der Waals surface area contributed by atoms with Gasteiger partial charge in [0.2, 0.25) is 0 Å². The average Bonchev–Trinajstić information content (AvgIpc) is 2.97. The monoisotopic (exact) mass is 415 g/mol. The molecule has 1 aromatic heterocycles. The highest BCUT2D eigenvalue weighted by Crippen LogP contribution is 2.22. The Kier molecular flexibility index (Phi) is 6.54. The van der Waals surface area contributed by atoms with Crippen molar-refractivity contribution in [2.45, 2.75) is 20.4 Å². The standard InChI is InChI=1S/C22H23ClFN3O2/c1-15-4-6-17(7-5-15)14-27-21(23)20(16(2)25-27)22(28)26(3)12-13-29-19-10-8-18(24)9-11-19/h4-11H,12-14H2,1-3H3. The highest BCUT2D eigenvalue weighted by Gasteiger charge is 2.23. The molecule has 0 fully saturated rings. The Morgan fingerprint density at radius 1 is 1.14 bits per heavy atom. The number of hydrogen-bond acceptors (Lipinski definition) is 3. The molecule has 152 valence electrons. The maximum Gasteiger partial charge on any atom is 0.258 e. The highest BCUT2D eigenvalue weighted by molar-refractivity contribution is 6.33. The lowest BCUT2D eigenvalue weighted by Crippen LogP contribution is -2.31. The van der Waals surface area contributed by atoms with Crippen LogP contribution in [0.4, 0.5) is 4.39 Å². The predicted octanol–water partition coefficient (Wildman–Crippen LogP) is 4.49. The first kappa shape index (κ1) is 20.9. The van der Waals surface area contributed by atoms with Crippen LogP contribution < -0.4 is 4.74 Å². The quantitative estimate of drug-likeness (QED) is 0.571. The van der Waals surface area contributed by atoms with E-state index in [0.717, 1.165) is 5.56 Å². The van der Waals surface area contributed by atoms with E-state index in [2.05, 4.69) is 5.10 Å². The van der Waals surface area contributed by atoms with Crippen LogP contribution in [0.1, 0.15) is 27.2 Å². The van der Waals surface area contributed by atoms with E-state index < -0.39 is 0 Å². The van der Waals surface area contributed by atoms with Crippen LogP contribution in [0.3, 0.4) is 0 Å². The summed E-state index contributed by atoms with van der Waals surface area (Å²) < 4.78 is 20.1. The van der Waals surface area contributed by atoms with E-state index in [9.17, 15) is 9.18 Å². The zero-order valence-corrected chi connectivity index (χ0v) is 17.4. The van der Waals surface area contributed by atoms with Gasteiger partial charge in [-0.2, -0.15) is 5.10 Å². The fourth-order valence-electron chi connectivity index (χ4n) is 2.89. The van der Waals surface area contributed by atoms with Crippen LogP contribution in [0.25, 0.3) is 0 Å². The van der Waals surface area contributed by atoms with Gasteiger partial charge in [-0.15, -0.1) is 0 Å². The number of aromatic nitrogens is 2. The molecular weight excluding hydrogens is 393 g/mol. The maximum absolute atomic E-state index is 12.9. The fraction of sp³-hybridized carbons (Fsp3) is 0.273. The molecule has 0 radical (unpaired) electrons. The molecular formula is C22H23ClFN3O2. The van der Waals surface area contributed by atoms with E-state index >= 15 is 0 Å². The van der Waals surface area contributed by atoms with Crippen LogP contribution in [0.15, 0.2) is 48.5 Å². The maximum atomic E-state index is 12.9. The van der Waals surface area contributed by atoms with Crippen molar-refractivity contribution < 1.29 is 13.9 Å². The summed E-state index contributed by atoms with van der Waals surface area (Å²) in [7, 11) is 1.68. The van der Waals surface area contributed by atoms with Gasteiger partial charge in [0.25, 0.3) is 5.91 Å². The second-order valence-electron chi connectivity index (χ2n) is 6.92. The lowest BCUT2D eigenvalue weighted by Gasteiger charge is -2.17. The predicted molar refractivity (Wildman–Crippen MR) is 111 cm³/mol. The molecule has 0 saturated heterocycles. The van der Waals surface area contributed by atoms with E-state index in [1.54, 1.807) is 30.8 Å². The smallest absolute Gasteiger partial charge is 0.258 e. The van der Waals surface area contributed by atoms with Gasteiger partial charge in [-0.1, -0.05) is 41.4 Å². The van der Waals surface area contributed by atoms with Gasteiger partial charge in [0.1, 0.15) is 23.3 Å². The average molecular weight is 416 g/mol. The van der Waals surface area contributed by atoms with Gasteiger partial charge < -0.3 is 9.64 Å². The van der Waals surface area contributed by atoms with Gasteiger partial charge in [0.05, 0.1) is 24.3 Å². The normalized spacial score (nSPS) is 10.8. The van der Waals surface area contributed by atoms with Crippen molar-refractivity contribution in [2.24, 2.45) is 0 Å². The summed E-state index contributed by atoms with van der Waals surface area (Å²) in [5, 5.41) is 4.76. The third kappa shape index (κ3) is 5.15. The van der Waals surface area contributed by atoms with Gasteiger partial charge in [0, 0.05) is 7.05 Å². The van der Waals surface area contributed by atoms with Crippen LogP contribution in [-0.2, 0) is 6.54 Å². The zero-order chi connectivity index (χ0) is 21.0. The molecule has 0 atom stereocenters. The number of benzene rings is 2. The number of likely N-dealkylation sites (N-methyl/N-ethyl adjacent to an activating group) is 1. The van der Waals surface area contributed by atoms with E-state index in [0.29, 0.717) is 35.2 Å². The van der Waals surface area contributed by atoms with Crippen LogP contribution >= 0.6 is 11.6 Å². The third-order valence-corrected chi connectivity index (χ3v) is 4.97. The van der Waals surface area contributed by atoms with Crippen molar-refractivity contribution in [3.8, 4) is 5.75 Å². The molecule has 0 aliphatic heterocycles. The second-order valence-corrected chi connectivity index (χ2v) is 7.28. The molecule has 3 rings (SSSR count). The largest absolute Gasteiger partial charge is 0.492 e. The van der Waals surface area contributed by atoms with E-state index in [4.69, 9.17) is 16.3 Å². The molecule has 0 N–H and O–H groups in total. The molecule has 1 heterocycles. The lowest BCUT2D eigenvalue weighted by atomic mass is 10.1. The summed E-state index contributed by atoms with van der Waals surface area (Å²) in [5.41, 5.74) is 3.21. The molecule has 1 amide bonds. The molecule has 0 aliphatic carbocycles. The first-order valence-corrected chi connectivity index (χ1v) is 9.65. The molecule has 0 bridgehead atoms. The first-order chi connectivity index (χ1) is 13.8. The van der Waals surface area contributed by atoms with E-state index in [-0.39, 0.29) is 18.3 Å². The number of ether oxygens (including phenoxy) is 1. The van der Waals surface area contributed by atoms with Crippen molar-refractivity contribution in [1.82, 2.24) is 14.7 Å². The lowest BCUT2D eigenvalue weighted by molar-refractivity contribution is 0.0773. The molecule has 3 aromatic rings. The minimum Gasteiger partial charge on any atom is -0.492 e. The number of aryl methyl sites for hydroxylation is 2. The number of hydrogen-bond donors (Lipinski definition) is 0. The Labute approximate surface area is 174 Å². The molecule has 2 aromatic carbocycles. The molecule has 29 heavy (non-hydrogen) atoms. The highest BCUT2D eigenvalue weighted by atomic mass is 35.5. The van der Waals surface area contributed by atoms with Gasteiger partial charge in [0.15, 0.2) is 0 Å². The van der Waals surface area contributed by atoms with Crippen LogP contribution in [0.2, 0.25) is 5.15 Å². The van der Waals surface area contributed by atoms with E-state index in [1.165, 1.54) is 22.6 Å². The first-order valence-electron chi connectivity index (χ1n) is 9.27. The number of rotatable bonds is 7. The van der Waals surface area contributed by atoms with Crippen molar-refractivity contribution in [2.75, 3.05) is 20.2 Å². The molecule has 0 unspecified atom stereocenters. The van der Waals surface area contributed by atoms with Gasteiger partial charge in [-0.25, -0.2) is 9.07 Å². The molecule has 7 heteroatoms. The Bertz CT molecular complexity index is 985.